The fourth-order valence-electron chi connectivity index (χ4n) is 6.90. The quantitative estimate of drug-likeness (QED) is 0.224. The second-order valence-electron chi connectivity index (χ2n) is 11.4. The van der Waals surface area contributed by atoms with Gasteiger partial charge in [-0.3, -0.25) is 19.9 Å². The molecule has 0 N–H and O–H groups in total. The Labute approximate surface area is 264 Å². The van der Waals surface area contributed by atoms with E-state index in [1.165, 1.54) is 0 Å². The molecule has 3 aliphatic heterocycles. The highest BCUT2D eigenvalue weighted by Gasteiger charge is 2.48. The van der Waals surface area contributed by atoms with E-state index in [0.717, 1.165) is 67.2 Å². The summed E-state index contributed by atoms with van der Waals surface area (Å²) in [4.78, 5) is 25.5. The normalized spacial score (nSPS) is 13.0. The van der Waals surface area contributed by atoms with Crippen molar-refractivity contribution in [2.75, 3.05) is 4.90 Å². The van der Waals surface area contributed by atoms with Crippen molar-refractivity contribution in [3.8, 4) is 56.8 Å². The number of nitrogens with zero attached hydrogens (tertiary/aromatic N) is 6. The number of hydrogen-bond acceptors (Lipinski definition) is 8. The number of aromatic nitrogens is 5. The Hall–Kier alpha value is -6.35. The smallest absolute Gasteiger partial charge is 0.266 e. The second-order valence-corrected chi connectivity index (χ2v) is 11.4. The van der Waals surface area contributed by atoms with E-state index in [1.807, 2.05) is 61.1 Å². The van der Waals surface area contributed by atoms with Crippen LogP contribution in [0.15, 0.2) is 128 Å². The maximum atomic E-state index is 6.78. The van der Waals surface area contributed by atoms with Crippen molar-refractivity contribution >= 4 is 40.2 Å². The predicted octanol–water partition coefficient (Wildman–Crippen LogP) is 6.17. The van der Waals surface area contributed by atoms with Crippen LogP contribution in [0.2, 0.25) is 0 Å². The molecule has 0 saturated heterocycles. The Morgan fingerprint density at radius 1 is 0.522 bits per heavy atom. The molecule has 0 spiro atoms. The zero-order valence-electron chi connectivity index (χ0n) is 24.2. The van der Waals surface area contributed by atoms with Crippen molar-refractivity contribution < 1.29 is 9.47 Å². The first-order valence-corrected chi connectivity index (χ1v) is 15.0. The summed E-state index contributed by atoms with van der Waals surface area (Å²) in [6, 6.07) is 28.4. The maximum Gasteiger partial charge on any atom is 0.266 e. The zero-order valence-corrected chi connectivity index (χ0v) is 24.2. The average molecular weight is 592 g/mol. The minimum absolute atomic E-state index is 0.149. The number of ether oxygens (including phenoxy) is 2. The van der Waals surface area contributed by atoms with Gasteiger partial charge in [0.2, 0.25) is 0 Å². The van der Waals surface area contributed by atoms with Crippen LogP contribution in [0.5, 0.6) is 23.0 Å². The van der Waals surface area contributed by atoms with Crippen LogP contribution in [0, 0.1) is 0 Å². The third-order valence-electron chi connectivity index (χ3n) is 8.84. The monoisotopic (exact) mass is 592 g/mol. The van der Waals surface area contributed by atoms with Gasteiger partial charge < -0.3 is 14.4 Å². The lowest BCUT2D eigenvalue weighted by molar-refractivity contribution is 0.459. The van der Waals surface area contributed by atoms with Crippen molar-refractivity contribution in [3.63, 3.8) is 0 Å². The molecule has 8 heterocycles. The Morgan fingerprint density at radius 3 is 1.85 bits per heavy atom. The molecule has 5 aromatic heterocycles. The molecule has 10 rings (SSSR count). The van der Waals surface area contributed by atoms with Crippen molar-refractivity contribution in [3.05, 3.63) is 128 Å². The summed E-state index contributed by atoms with van der Waals surface area (Å²) in [7, 11) is 0. The Kier molecular flexibility index (Phi) is 5.21. The van der Waals surface area contributed by atoms with Gasteiger partial charge in [-0.15, -0.1) is 0 Å². The molecule has 0 atom stereocenters. The van der Waals surface area contributed by atoms with Gasteiger partial charge in [-0.05, 0) is 42.5 Å². The molecule has 0 radical (unpaired) electrons. The molecule has 0 saturated carbocycles. The van der Waals surface area contributed by atoms with E-state index >= 15 is 0 Å². The van der Waals surface area contributed by atoms with Crippen molar-refractivity contribution in [2.45, 2.75) is 0 Å². The lowest BCUT2D eigenvalue weighted by Gasteiger charge is -2.42. The van der Waals surface area contributed by atoms with Crippen molar-refractivity contribution in [2.24, 2.45) is 0 Å². The van der Waals surface area contributed by atoms with Crippen LogP contribution < -0.4 is 30.8 Å². The summed E-state index contributed by atoms with van der Waals surface area (Å²) in [5.74, 6) is 2.73. The molecule has 8 nitrogen and oxygen atoms in total. The average Bonchev–Trinajstić information content (AvgIpc) is 3.13. The molecule has 7 aromatic rings. The van der Waals surface area contributed by atoms with Crippen molar-refractivity contribution in [1.82, 2.24) is 24.9 Å². The SMILES string of the molecule is c1ccc(-c2cccc(-c3ncc4c5c3Oc3cncc6c3B5c3c(cncc3N6c3cccc(-c5ccccn5)c3)O4)c2)nc1. The minimum atomic E-state index is -0.149. The number of hydrogen-bond donors (Lipinski definition) is 0. The maximum absolute atomic E-state index is 6.78. The van der Waals surface area contributed by atoms with Gasteiger partial charge in [-0.1, -0.05) is 42.5 Å². The summed E-state index contributed by atoms with van der Waals surface area (Å²) < 4.78 is 13.3. The first-order chi connectivity index (χ1) is 22.8. The van der Waals surface area contributed by atoms with Crippen LogP contribution in [0.1, 0.15) is 0 Å². The summed E-state index contributed by atoms with van der Waals surface area (Å²) in [5, 5.41) is 0. The van der Waals surface area contributed by atoms with Gasteiger partial charge >= 0.3 is 0 Å². The molecule has 0 fully saturated rings. The fraction of sp³-hybridized carbons (Fsp3) is 0. The van der Waals surface area contributed by atoms with Gasteiger partial charge in [0, 0.05) is 51.2 Å². The molecule has 0 unspecified atom stereocenters. The van der Waals surface area contributed by atoms with E-state index < -0.39 is 0 Å². The predicted molar refractivity (Wildman–Crippen MR) is 178 cm³/mol. The van der Waals surface area contributed by atoms with Crippen LogP contribution >= 0.6 is 0 Å². The molecular weight excluding hydrogens is 571 g/mol. The molecule has 3 aliphatic rings. The standard InChI is InChI=1S/C37H21BN6O2/c1-3-13-41-26(11-1)22-7-5-9-24(15-22)36-37-35-32(21-43-36)45-30-19-39-17-28-33(30)38(35)34-29(18-40-20-31(34)46-37)44(28)25-10-6-8-23(16-25)27-12-2-4-14-42-27/h1-21H. The van der Waals surface area contributed by atoms with E-state index in [2.05, 4.69) is 67.3 Å². The summed E-state index contributed by atoms with van der Waals surface area (Å²) in [6.45, 7) is -0.149. The highest BCUT2D eigenvalue weighted by molar-refractivity contribution is 7.00. The van der Waals surface area contributed by atoms with E-state index in [-0.39, 0.29) is 6.71 Å². The third-order valence-corrected chi connectivity index (χ3v) is 8.84. The summed E-state index contributed by atoms with van der Waals surface area (Å²) in [5.41, 5.74) is 11.3. The van der Waals surface area contributed by atoms with Gasteiger partial charge in [0.1, 0.15) is 22.9 Å². The van der Waals surface area contributed by atoms with Gasteiger partial charge in [-0.2, -0.15) is 0 Å². The first-order valence-electron chi connectivity index (χ1n) is 15.0. The highest BCUT2D eigenvalue weighted by Crippen LogP contribution is 2.46. The summed E-state index contributed by atoms with van der Waals surface area (Å²) >= 11 is 0. The van der Waals surface area contributed by atoms with E-state index in [1.54, 1.807) is 24.8 Å². The molecular formula is C37H21BN6O2. The highest BCUT2D eigenvalue weighted by atomic mass is 16.5. The third kappa shape index (κ3) is 3.59. The lowest BCUT2D eigenvalue weighted by Crippen LogP contribution is -2.61. The molecule has 46 heavy (non-hydrogen) atoms. The molecule has 0 aliphatic carbocycles. The van der Waals surface area contributed by atoms with Crippen LogP contribution in [0.3, 0.4) is 0 Å². The van der Waals surface area contributed by atoms with Gasteiger partial charge in [-0.25, -0.2) is 4.98 Å². The molecule has 0 bridgehead atoms. The fourth-order valence-corrected chi connectivity index (χ4v) is 6.90. The van der Waals surface area contributed by atoms with Gasteiger partial charge in [0.15, 0.2) is 5.75 Å². The molecule has 9 heteroatoms. The second kappa shape index (κ2) is 9.58. The van der Waals surface area contributed by atoms with Crippen molar-refractivity contribution in [1.29, 1.82) is 0 Å². The number of anilines is 3. The van der Waals surface area contributed by atoms with E-state index in [9.17, 15) is 0 Å². The van der Waals surface area contributed by atoms with E-state index in [4.69, 9.17) is 14.5 Å². The molecule has 0 amide bonds. The van der Waals surface area contributed by atoms with Crippen LogP contribution in [0.25, 0.3) is 33.8 Å². The largest absolute Gasteiger partial charge is 0.455 e. The first kappa shape index (κ1) is 25.0. The van der Waals surface area contributed by atoms with E-state index in [0.29, 0.717) is 23.0 Å². The molecule has 214 valence electrons. The van der Waals surface area contributed by atoms with Crippen LogP contribution in [-0.4, -0.2) is 31.6 Å². The van der Waals surface area contributed by atoms with Crippen LogP contribution in [-0.2, 0) is 0 Å². The number of rotatable bonds is 4. The Bertz CT molecular complexity index is 2330. The van der Waals surface area contributed by atoms with Gasteiger partial charge in [0.25, 0.3) is 6.71 Å². The van der Waals surface area contributed by atoms with Gasteiger partial charge in [0.05, 0.1) is 53.7 Å². The Balaban J connectivity index is 1.17. The minimum Gasteiger partial charge on any atom is -0.455 e. The lowest BCUT2D eigenvalue weighted by atomic mass is 9.33. The molecule has 2 aromatic carbocycles. The van der Waals surface area contributed by atoms with Crippen LogP contribution in [0.4, 0.5) is 17.1 Å². The zero-order chi connectivity index (χ0) is 30.2. The number of benzene rings is 2. The summed E-state index contributed by atoms with van der Waals surface area (Å²) in [6.07, 6.45) is 12.8. The Morgan fingerprint density at radius 2 is 1.15 bits per heavy atom. The topological polar surface area (TPSA) is 86.2 Å². The number of pyridine rings is 5.